The normalized spacial score (nSPS) is 11.8. The fraction of sp³-hybridized carbons (Fsp3) is 0.125. The molecule has 104 valence electrons. The Morgan fingerprint density at radius 1 is 1.10 bits per heavy atom. The van der Waals surface area contributed by atoms with Crippen LogP contribution in [0.15, 0.2) is 36.4 Å². The minimum absolute atomic E-state index is 0.558. The molecule has 2 aromatic rings. The lowest BCUT2D eigenvalue weighted by Gasteiger charge is -2.12. The molecule has 0 aromatic heterocycles. The minimum Gasteiger partial charge on any atom is -0.323 e. The van der Waals surface area contributed by atoms with Crippen molar-refractivity contribution in [3.8, 4) is 11.5 Å². The van der Waals surface area contributed by atoms with Crippen LogP contribution in [-0.2, 0) is 6.54 Å². The molecule has 0 unspecified atom stereocenters. The standard InChI is InChI=1S/C16H11Cl2N3/c1-2-21-13-6-4-3-5-12(13)19-15-10-7-9(17)8-11(18)14(10)20-16(15)21/h3-8H,2H2,1H3. The summed E-state index contributed by atoms with van der Waals surface area (Å²) in [6.45, 7) is 2.91. The first-order valence-corrected chi connectivity index (χ1v) is 7.48. The molecule has 3 nitrogen and oxygen atoms in total. The van der Waals surface area contributed by atoms with Gasteiger partial charge in [-0.15, -0.1) is 0 Å². The van der Waals surface area contributed by atoms with Crippen LogP contribution in [0.25, 0.3) is 33.5 Å². The molecule has 21 heavy (non-hydrogen) atoms. The lowest BCUT2D eigenvalue weighted by atomic mass is 10.2. The van der Waals surface area contributed by atoms with E-state index in [1.807, 2.05) is 24.3 Å². The highest BCUT2D eigenvalue weighted by molar-refractivity contribution is 6.38. The number of fused-ring (bicyclic) bond motifs is 4. The molecule has 5 heteroatoms. The van der Waals surface area contributed by atoms with Gasteiger partial charge in [-0.1, -0.05) is 35.3 Å². The third-order valence-corrected chi connectivity index (χ3v) is 4.20. The first-order chi connectivity index (χ1) is 10.2. The molecule has 0 bridgehead atoms. The van der Waals surface area contributed by atoms with Crippen LogP contribution < -0.4 is 0 Å². The second-order valence-electron chi connectivity index (χ2n) is 4.91. The van der Waals surface area contributed by atoms with Crippen LogP contribution >= 0.6 is 23.2 Å². The SMILES string of the molecule is CCn1c2nc3c(Cl)cc(Cl)cc3c-2nc2ccccc21. The second-order valence-corrected chi connectivity index (χ2v) is 5.76. The van der Waals surface area contributed by atoms with Gasteiger partial charge in [-0.25, -0.2) is 9.97 Å². The molecule has 2 heterocycles. The van der Waals surface area contributed by atoms with E-state index in [-0.39, 0.29) is 0 Å². The number of hydrogen-bond donors (Lipinski definition) is 0. The van der Waals surface area contributed by atoms with Gasteiger partial charge in [-0.3, -0.25) is 0 Å². The first-order valence-electron chi connectivity index (χ1n) is 6.72. The van der Waals surface area contributed by atoms with Gasteiger partial charge in [0.25, 0.3) is 0 Å². The molecule has 0 N–H and O–H groups in total. The lowest BCUT2D eigenvalue weighted by Crippen LogP contribution is -2.05. The Balaban J connectivity index is 2.26. The summed E-state index contributed by atoms with van der Waals surface area (Å²) < 4.78 is 2.15. The van der Waals surface area contributed by atoms with Crippen LogP contribution in [0, 0.1) is 0 Å². The van der Waals surface area contributed by atoms with Crippen LogP contribution in [-0.4, -0.2) is 14.5 Å². The lowest BCUT2D eigenvalue weighted by molar-refractivity contribution is 0.780. The number of rotatable bonds is 1. The Labute approximate surface area is 131 Å². The quantitative estimate of drug-likeness (QED) is 0.494. The van der Waals surface area contributed by atoms with Crippen molar-refractivity contribution in [1.82, 2.24) is 14.5 Å². The van der Waals surface area contributed by atoms with Gasteiger partial charge in [0.1, 0.15) is 5.69 Å². The summed E-state index contributed by atoms with van der Waals surface area (Å²) in [5.41, 5.74) is 3.60. The first kappa shape index (κ1) is 12.9. The van der Waals surface area contributed by atoms with E-state index in [1.54, 1.807) is 6.07 Å². The Hall–Kier alpha value is -1.84. The van der Waals surface area contributed by atoms with E-state index >= 15 is 0 Å². The molecule has 0 amide bonds. The van der Waals surface area contributed by atoms with Gasteiger partial charge < -0.3 is 4.57 Å². The summed E-state index contributed by atoms with van der Waals surface area (Å²) in [5, 5.41) is 2.05. The molecule has 0 saturated carbocycles. The third kappa shape index (κ3) is 1.81. The fourth-order valence-corrected chi connectivity index (χ4v) is 3.32. The van der Waals surface area contributed by atoms with Crippen molar-refractivity contribution in [2.75, 3.05) is 0 Å². The van der Waals surface area contributed by atoms with Crippen molar-refractivity contribution in [2.45, 2.75) is 13.5 Å². The Morgan fingerprint density at radius 3 is 2.71 bits per heavy atom. The second kappa shape index (κ2) is 4.58. The molecule has 0 saturated heterocycles. The van der Waals surface area contributed by atoms with Crippen LogP contribution in [0.5, 0.6) is 0 Å². The third-order valence-electron chi connectivity index (χ3n) is 3.69. The summed E-state index contributed by atoms with van der Waals surface area (Å²) in [6, 6.07) is 11.6. The van der Waals surface area contributed by atoms with Gasteiger partial charge in [-0.05, 0) is 31.2 Å². The van der Waals surface area contributed by atoms with Crippen molar-refractivity contribution >= 4 is 45.1 Å². The number of aryl methyl sites for hydroxylation is 1. The average molecular weight is 316 g/mol. The number of hydrogen-bond acceptors (Lipinski definition) is 2. The highest BCUT2D eigenvalue weighted by Gasteiger charge is 2.20. The van der Waals surface area contributed by atoms with Crippen molar-refractivity contribution in [1.29, 1.82) is 0 Å². The number of aromatic nitrogens is 3. The largest absolute Gasteiger partial charge is 0.323 e. The molecule has 0 spiro atoms. The zero-order valence-corrected chi connectivity index (χ0v) is 12.8. The molecule has 0 fully saturated rings. The highest BCUT2D eigenvalue weighted by atomic mass is 35.5. The predicted octanol–water partition coefficient (Wildman–Crippen LogP) is 5.02. The summed E-state index contributed by atoms with van der Waals surface area (Å²) in [5.74, 6) is 0.843. The van der Waals surface area contributed by atoms with Crippen LogP contribution in [0.2, 0.25) is 10.0 Å². The van der Waals surface area contributed by atoms with Crippen molar-refractivity contribution in [3.63, 3.8) is 0 Å². The molecular formula is C16H11Cl2N3. The molecule has 4 rings (SSSR count). The van der Waals surface area contributed by atoms with E-state index in [1.165, 1.54) is 0 Å². The maximum Gasteiger partial charge on any atom is 0.160 e. The maximum absolute atomic E-state index is 6.28. The zero-order valence-electron chi connectivity index (χ0n) is 11.3. The van der Waals surface area contributed by atoms with E-state index in [4.69, 9.17) is 28.2 Å². The smallest absolute Gasteiger partial charge is 0.160 e. The molecule has 2 aromatic carbocycles. The van der Waals surface area contributed by atoms with Gasteiger partial charge >= 0.3 is 0 Å². The molecule has 2 aliphatic heterocycles. The molecule has 0 radical (unpaired) electrons. The predicted molar refractivity (Wildman–Crippen MR) is 87.4 cm³/mol. The van der Waals surface area contributed by atoms with E-state index < -0.39 is 0 Å². The molecule has 0 aliphatic carbocycles. The Bertz CT molecular complexity index is 959. The topological polar surface area (TPSA) is 30.7 Å². The van der Waals surface area contributed by atoms with E-state index in [0.717, 1.165) is 40.0 Å². The number of nitrogens with zero attached hydrogens (tertiary/aromatic N) is 3. The van der Waals surface area contributed by atoms with Gasteiger partial charge in [0, 0.05) is 17.0 Å². The van der Waals surface area contributed by atoms with Crippen molar-refractivity contribution in [3.05, 3.63) is 46.4 Å². The highest BCUT2D eigenvalue weighted by Crippen LogP contribution is 2.37. The van der Waals surface area contributed by atoms with E-state index in [0.29, 0.717) is 10.0 Å². The summed E-state index contributed by atoms with van der Waals surface area (Å²) in [7, 11) is 0. The fourth-order valence-electron chi connectivity index (χ4n) is 2.78. The summed E-state index contributed by atoms with van der Waals surface area (Å²) >= 11 is 12.4. The Morgan fingerprint density at radius 2 is 1.90 bits per heavy atom. The van der Waals surface area contributed by atoms with Crippen molar-refractivity contribution < 1.29 is 0 Å². The van der Waals surface area contributed by atoms with Gasteiger partial charge in [0.2, 0.25) is 0 Å². The van der Waals surface area contributed by atoms with Gasteiger partial charge in [0.15, 0.2) is 5.82 Å². The number of halogens is 2. The summed E-state index contributed by atoms with van der Waals surface area (Å²) in [4.78, 5) is 9.44. The van der Waals surface area contributed by atoms with Crippen LogP contribution in [0.3, 0.4) is 0 Å². The van der Waals surface area contributed by atoms with Crippen molar-refractivity contribution in [2.24, 2.45) is 0 Å². The Kier molecular flexibility index (Phi) is 2.81. The number of para-hydroxylation sites is 2. The maximum atomic E-state index is 6.28. The average Bonchev–Trinajstić information content (AvgIpc) is 2.83. The number of benzene rings is 2. The monoisotopic (exact) mass is 315 g/mol. The van der Waals surface area contributed by atoms with Gasteiger partial charge in [0.05, 0.1) is 21.6 Å². The van der Waals surface area contributed by atoms with Crippen LogP contribution in [0.4, 0.5) is 0 Å². The molecule has 0 atom stereocenters. The molecule has 2 aliphatic rings. The van der Waals surface area contributed by atoms with E-state index in [2.05, 4.69) is 22.5 Å². The van der Waals surface area contributed by atoms with Crippen LogP contribution in [0.1, 0.15) is 6.92 Å². The molecular weight excluding hydrogens is 305 g/mol. The minimum atomic E-state index is 0.558. The van der Waals surface area contributed by atoms with Gasteiger partial charge in [-0.2, -0.15) is 0 Å². The summed E-state index contributed by atoms with van der Waals surface area (Å²) in [6.07, 6.45) is 0. The van der Waals surface area contributed by atoms with E-state index in [9.17, 15) is 0 Å². The zero-order chi connectivity index (χ0) is 14.6.